The number of methoxy groups -OCH3 is 1. The first kappa shape index (κ1) is 14.6. The van der Waals surface area contributed by atoms with Gasteiger partial charge in [-0.05, 0) is 18.6 Å². The molecule has 1 aromatic rings. The lowest BCUT2D eigenvalue weighted by atomic mass is 10.1. The van der Waals surface area contributed by atoms with Crippen molar-refractivity contribution >= 4 is 11.5 Å². The number of nitrogen functional groups attached to an aromatic ring is 1. The second kappa shape index (κ2) is 8.61. The fourth-order valence-electron chi connectivity index (χ4n) is 1.83. The number of pyridine rings is 1. The van der Waals surface area contributed by atoms with Gasteiger partial charge >= 0.3 is 0 Å². The number of ether oxygens (including phenoxy) is 1. The lowest BCUT2D eigenvalue weighted by Gasteiger charge is -2.08. The molecule has 0 saturated carbocycles. The van der Waals surface area contributed by atoms with Gasteiger partial charge in [0.1, 0.15) is 5.82 Å². The first-order valence-electron chi connectivity index (χ1n) is 6.82. The molecule has 4 nitrogen and oxygen atoms in total. The van der Waals surface area contributed by atoms with Gasteiger partial charge in [0, 0.05) is 6.54 Å². The van der Waals surface area contributed by atoms with Gasteiger partial charge in [0.25, 0.3) is 0 Å². The normalized spacial score (nSPS) is 10.3. The first-order valence-corrected chi connectivity index (χ1v) is 6.82. The average molecular weight is 251 g/mol. The third-order valence-electron chi connectivity index (χ3n) is 2.92. The molecular formula is C14H25N3O. The Morgan fingerprint density at radius 1 is 1.17 bits per heavy atom. The number of nitrogens with zero attached hydrogens (tertiary/aromatic N) is 1. The van der Waals surface area contributed by atoms with Crippen molar-refractivity contribution in [2.75, 3.05) is 24.7 Å². The Labute approximate surface area is 110 Å². The third-order valence-corrected chi connectivity index (χ3v) is 2.92. The molecule has 3 N–H and O–H groups in total. The largest absolute Gasteiger partial charge is 0.479 e. The third kappa shape index (κ3) is 5.25. The van der Waals surface area contributed by atoms with Crippen LogP contribution in [0.25, 0.3) is 0 Å². The Balaban J connectivity index is 2.19. The minimum atomic E-state index is 0.489. The Morgan fingerprint density at radius 2 is 1.89 bits per heavy atom. The maximum Gasteiger partial charge on any atom is 0.238 e. The van der Waals surface area contributed by atoms with Crippen LogP contribution in [0.2, 0.25) is 0 Å². The summed E-state index contributed by atoms with van der Waals surface area (Å²) in [5.41, 5.74) is 6.28. The highest BCUT2D eigenvalue weighted by molar-refractivity contribution is 5.53. The van der Waals surface area contributed by atoms with Crippen LogP contribution in [0.4, 0.5) is 11.5 Å². The van der Waals surface area contributed by atoms with E-state index < -0.39 is 0 Å². The van der Waals surface area contributed by atoms with Crippen molar-refractivity contribution in [2.24, 2.45) is 0 Å². The summed E-state index contributed by atoms with van der Waals surface area (Å²) in [5.74, 6) is 1.32. The molecule has 18 heavy (non-hydrogen) atoms. The molecule has 0 bridgehead atoms. The maximum atomic E-state index is 5.71. The summed E-state index contributed by atoms with van der Waals surface area (Å²) in [6, 6.07) is 3.70. The number of hydrogen-bond acceptors (Lipinski definition) is 4. The molecule has 0 fully saturated rings. The highest BCUT2D eigenvalue weighted by Crippen LogP contribution is 2.20. The van der Waals surface area contributed by atoms with Gasteiger partial charge in [-0.1, -0.05) is 39.0 Å². The van der Waals surface area contributed by atoms with Crippen LogP contribution in [0, 0.1) is 0 Å². The summed E-state index contributed by atoms with van der Waals surface area (Å²) in [6.45, 7) is 3.19. The molecule has 0 unspecified atom stereocenters. The number of aromatic nitrogens is 1. The molecule has 102 valence electrons. The minimum absolute atomic E-state index is 0.489. The van der Waals surface area contributed by atoms with E-state index in [0.717, 1.165) is 12.4 Å². The van der Waals surface area contributed by atoms with E-state index in [-0.39, 0.29) is 0 Å². The highest BCUT2D eigenvalue weighted by Gasteiger charge is 2.01. The number of anilines is 2. The smallest absolute Gasteiger partial charge is 0.238 e. The summed E-state index contributed by atoms with van der Waals surface area (Å²) < 4.78 is 5.08. The predicted octanol–water partition coefficient (Wildman–Crippen LogP) is 3.44. The number of hydrogen-bond donors (Lipinski definition) is 2. The van der Waals surface area contributed by atoms with Crippen LogP contribution >= 0.6 is 0 Å². The number of unbranched alkanes of at least 4 members (excludes halogenated alkanes) is 5. The first-order chi connectivity index (χ1) is 8.77. The molecule has 1 rings (SSSR count). The summed E-state index contributed by atoms with van der Waals surface area (Å²) in [5, 5.41) is 3.29. The molecule has 0 radical (unpaired) electrons. The van der Waals surface area contributed by atoms with Crippen molar-refractivity contribution in [3.8, 4) is 5.88 Å². The van der Waals surface area contributed by atoms with E-state index in [1.165, 1.54) is 38.5 Å². The molecule has 0 aliphatic heterocycles. The quantitative estimate of drug-likeness (QED) is 0.660. The van der Waals surface area contributed by atoms with Gasteiger partial charge < -0.3 is 15.8 Å². The summed E-state index contributed by atoms with van der Waals surface area (Å²) in [6.07, 6.45) is 7.78. The Bertz CT molecular complexity index is 342. The molecule has 0 atom stereocenters. The zero-order valence-electron chi connectivity index (χ0n) is 11.5. The molecule has 0 saturated heterocycles. The second-order valence-electron chi connectivity index (χ2n) is 4.49. The molecule has 1 heterocycles. The van der Waals surface area contributed by atoms with Crippen LogP contribution in [-0.2, 0) is 0 Å². The Morgan fingerprint density at radius 3 is 2.61 bits per heavy atom. The zero-order chi connectivity index (χ0) is 13.2. The maximum absolute atomic E-state index is 5.71. The monoisotopic (exact) mass is 251 g/mol. The minimum Gasteiger partial charge on any atom is -0.479 e. The lowest BCUT2D eigenvalue weighted by molar-refractivity contribution is 0.401. The SMILES string of the molecule is CCCCCCCCNc1ccc(N)c(OC)n1. The molecule has 0 aromatic carbocycles. The molecule has 1 aromatic heterocycles. The summed E-state index contributed by atoms with van der Waals surface area (Å²) in [4.78, 5) is 4.28. The predicted molar refractivity (Wildman–Crippen MR) is 77.1 cm³/mol. The molecule has 4 heteroatoms. The van der Waals surface area contributed by atoms with Crippen molar-refractivity contribution in [3.05, 3.63) is 12.1 Å². The van der Waals surface area contributed by atoms with Gasteiger partial charge in [0.2, 0.25) is 5.88 Å². The fourth-order valence-corrected chi connectivity index (χ4v) is 1.83. The Hall–Kier alpha value is -1.45. The highest BCUT2D eigenvalue weighted by atomic mass is 16.5. The van der Waals surface area contributed by atoms with Crippen molar-refractivity contribution in [1.29, 1.82) is 0 Å². The van der Waals surface area contributed by atoms with Crippen LogP contribution in [0.15, 0.2) is 12.1 Å². The van der Waals surface area contributed by atoms with Gasteiger partial charge in [0.05, 0.1) is 12.8 Å². The number of nitrogens with two attached hydrogens (primary N) is 1. The van der Waals surface area contributed by atoms with E-state index in [4.69, 9.17) is 10.5 Å². The van der Waals surface area contributed by atoms with Crippen LogP contribution in [0.3, 0.4) is 0 Å². The molecule has 0 aliphatic carbocycles. The fraction of sp³-hybridized carbons (Fsp3) is 0.643. The van der Waals surface area contributed by atoms with Crippen LogP contribution in [0.5, 0.6) is 5.88 Å². The van der Waals surface area contributed by atoms with Gasteiger partial charge in [-0.3, -0.25) is 0 Å². The summed E-state index contributed by atoms with van der Waals surface area (Å²) >= 11 is 0. The molecule has 0 amide bonds. The zero-order valence-corrected chi connectivity index (χ0v) is 11.5. The van der Waals surface area contributed by atoms with Crippen LogP contribution in [0.1, 0.15) is 45.4 Å². The van der Waals surface area contributed by atoms with Gasteiger partial charge in [-0.15, -0.1) is 0 Å². The second-order valence-corrected chi connectivity index (χ2v) is 4.49. The van der Waals surface area contributed by atoms with E-state index in [9.17, 15) is 0 Å². The van der Waals surface area contributed by atoms with E-state index in [0.29, 0.717) is 11.6 Å². The van der Waals surface area contributed by atoms with Crippen molar-refractivity contribution in [2.45, 2.75) is 45.4 Å². The standard InChI is InChI=1S/C14H25N3O/c1-3-4-5-6-7-8-11-16-13-10-9-12(15)14(17-13)18-2/h9-10H,3-8,11,15H2,1-2H3,(H,16,17). The van der Waals surface area contributed by atoms with E-state index in [2.05, 4.69) is 17.2 Å². The number of rotatable bonds is 9. The van der Waals surface area contributed by atoms with Crippen LogP contribution in [-0.4, -0.2) is 18.6 Å². The van der Waals surface area contributed by atoms with Crippen molar-refractivity contribution < 1.29 is 4.74 Å². The van der Waals surface area contributed by atoms with Gasteiger partial charge in [-0.25, -0.2) is 0 Å². The van der Waals surface area contributed by atoms with Gasteiger partial charge in [0.15, 0.2) is 0 Å². The topological polar surface area (TPSA) is 60.2 Å². The van der Waals surface area contributed by atoms with Crippen molar-refractivity contribution in [3.63, 3.8) is 0 Å². The average Bonchev–Trinajstić information content (AvgIpc) is 2.39. The molecule has 0 spiro atoms. The van der Waals surface area contributed by atoms with Gasteiger partial charge in [-0.2, -0.15) is 4.98 Å². The van der Waals surface area contributed by atoms with E-state index >= 15 is 0 Å². The Kier molecular flexibility index (Phi) is 6.99. The van der Waals surface area contributed by atoms with E-state index in [1.54, 1.807) is 7.11 Å². The molecular weight excluding hydrogens is 226 g/mol. The number of nitrogens with one attached hydrogen (secondary N) is 1. The van der Waals surface area contributed by atoms with E-state index in [1.807, 2.05) is 12.1 Å². The van der Waals surface area contributed by atoms with Crippen molar-refractivity contribution in [1.82, 2.24) is 4.98 Å². The van der Waals surface area contributed by atoms with Crippen LogP contribution < -0.4 is 15.8 Å². The molecule has 0 aliphatic rings. The lowest BCUT2D eigenvalue weighted by Crippen LogP contribution is -2.05. The summed E-state index contributed by atoms with van der Waals surface area (Å²) in [7, 11) is 1.58.